The van der Waals surface area contributed by atoms with E-state index >= 15 is 0 Å². The molecule has 106 valence electrons. The molecule has 0 aromatic rings. The van der Waals surface area contributed by atoms with Crippen LogP contribution >= 0.6 is 0 Å². The Labute approximate surface area is 108 Å². The van der Waals surface area contributed by atoms with Gasteiger partial charge < -0.3 is 26.0 Å². The molecule has 0 aromatic heterocycles. The molecule has 2 aliphatic rings. The second-order valence-corrected chi connectivity index (χ2v) is 5.34. The van der Waals surface area contributed by atoms with Crippen LogP contribution in [-0.4, -0.2) is 48.6 Å². The van der Waals surface area contributed by atoms with E-state index in [-0.39, 0.29) is 5.54 Å². The molecule has 0 saturated carbocycles. The maximum absolute atomic E-state index is 10.5. The van der Waals surface area contributed by atoms with Gasteiger partial charge in [-0.05, 0) is 32.6 Å². The Hall–Kier alpha value is -0.690. The van der Waals surface area contributed by atoms with Crippen LogP contribution in [0.2, 0.25) is 0 Å². The minimum absolute atomic E-state index is 0.0538. The lowest BCUT2D eigenvalue weighted by Gasteiger charge is -2.28. The number of nitrogens with two attached hydrogens (primary N) is 2. The van der Waals surface area contributed by atoms with Crippen molar-refractivity contribution >= 4 is 5.97 Å². The van der Waals surface area contributed by atoms with Crippen LogP contribution in [0.25, 0.3) is 0 Å². The van der Waals surface area contributed by atoms with E-state index in [1.54, 1.807) is 0 Å². The average Bonchev–Trinajstić information content (AvgIpc) is 2.30. The lowest BCUT2D eigenvalue weighted by molar-refractivity contribution is -0.146. The van der Waals surface area contributed by atoms with Crippen molar-refractivity contribution in [1.29, 1.82) is 0 Å². The zero-order valence-corrected chi connectivity index (χ0v) is 11.0. The van der Waals surface area contributed by atoms with Gasteiger partial charge in [0.1, 0.15) is 5.54 Å². The van der Waals surface area contributed by atoms with Crippen LogP contribution < -0.4 is 11.5 Å². The summed E-state index contributed by atoms with van der Waals surface area (Å²) in [6.07, 6.45) is 2.85. The van der Waals surface area contributed by atoms with Gasteiger partial charge in [0.05, 0.1) is 0 Å². The van der Waals surface area contributed by atoms with E-state index in [0.29, 0.717) is 26.1 Å². The van der Waals surface area contributed by atoms with Gasteiger partial charge in [-0.2, -0.15) is 0 Å². The molecule has 2 rings (SSSR count). The molecule has 5 N–H and O–H groups in total. The average molecular weight is 260 g/mol. The summed E-state index contributed by atoms with van der Waals surface area (Å²) in [5.41, 5.74) is 10.3. The molecule has 2 fully saturated rings. The fourth-order valence-corrected chi connectivity index (χ4v) is 1.79. The summed E-state index contributed by atoms with van der Waals surface area (Å²) in [7, 11) is 0. The normalized spacial score (nSPS) is 25.7. The van der Waals surface area contributed by atoms with Crippen LogP contribution in [0.3, 0.4) is 0 Å². The van der Waals surface area contributed by atoms with Gasteiger partial charge >= 0.3 is 5.97 Å². The largest absolute Gasteiger partial charge is 0.480 e. The summed E-state index contributed by atoms with van der Waals surface area (Å²) in [6, 6.07) is 0. The Bertz CT molecular complexity index is 267. The third-order valence-electron chi connectivity index (χ3n) is 3.45. The predicted molar refractivity (Wildman–Crippen MR) is 67.3 cm³/mol. The number of hydrogen-bond acceptors (Lipinski definition) is 5. The van der Waals surface area contributed by atoms with Crippen molar-refractivity contribution < 1.29 is 19.4 Å². The van der Waals surface area contributed by atoms with Crippen LogP contribution in [0, 0.1) is 0 Å². The molecule has 0 aromatic carbocycles. The van der Waals surface area contributed by atoms with Crippen molar-refractivity contribution in [2.45, 2.75) is 43.7 Å². The Morgan fingerprint density at radius 1 is 1.00 bits per heavy atom. The summed E-state index contributed by atoms with van der Waals surface area (Å²) in [5, 5.41) is 8.62. The van der Waals surface area contributed by atoms with Crippen LogP contribution in [0.1, 0.15) is 32.6 Å². The number of aliphatic carboxylic acids is 1. The summed E-state index contributed by atoms with van der Waals surface area (Å²) in [5.74, 6) is -0.921. The lowest BCUT2D eigenvalue weighted by Crippen LogP contribution is -2.51. The van der Waals surface area contributed by atoms with Gasteiger partial charge in [-0.3, -0.25) is 4.79 Å². The molecule has 6 heteroatoms. The van der Waals surface area contributed by atoms with Crippen LogP contribution in [0.15, 0.2) is 0 Å². The first-order chi connectivity index (χ1) is 8.36. The Morgan fingerprint density at radius 3 is 1.61 bits per heavy atom. The standard InChI is InChI=1S/C6H11NO3.C6H13NO/c7-6(5(8)9)1-3-10-4-2-6;1-6(7)2-4-8-5-3-6/h1-4,7H2,(H,8,9);2-5,7H2,1H3. The van der Waals surface area contributed by atoms with Crippen molar-refractivity contribution in [1.82, 2.24) is 0 Å². The highest BCUT2D eigenvalue weighted by atomic mass is 16.5. The van der Waals surface area contributed by atoms with E-state index in [2.05, 4.69) is 6.92 Å². The van der Waals surface area contributed by atoms with E-state index in [9.17, 15) is 4.79 Å². The molecule has 0 spiro atoms. The monoisotopic (exact) mass is 260 g/mol. The number of carbonyl (C=O) groups is 1. The summed E-state index contributed by atoms with van der Waals surface area (Å²) in [6.45, 7) is 4.68. The maximum atomic E-state index is 10.5. The fourth-order valence-electron chi connectivity index (χ4n) is 1.79. The molecule has 0 unspecified atom stereocenters. The quantitative estimate of drug-likeness (QED) is 0.617. The minimum atomic E-state index is -1.03. The minimum Gasteiger partial charge on any atom is -0.480 e. The molecule has 0 radical (unpaired) electrons. The molecule has 0 atom stereocenters. The smallest absolute Gasteiger partial charge is 0.323 e. The molecule has 2 saturated heterocycles. The molecule has 2 heterocycles. The van der Waals surface area contributed by atoms with Crippen LogP contribution in [-0.2, 0) is 14.3 Å². The van der Waals surface area contributed by atoms with E-state index in [1.165, 1.54) is 0 Å². The van der Waals surface area contributed by atoms with Crippen molar-refractivity contribution in [3.63, 3.8) is 0 Å². The molecule has 0 amide bonds. The Kier molecular flexibility index (Phi) is 5.52. The van der Waals surface area contributed by atoms with Gasteiger partial charge in [0.15, 0.2) is 0 Å². The fraction of sp³-hybridized carbons (Fsp3) is 0.917. The topological polar surface area (TPSA) is 108 Å². The molecular formula is C12H24N2O4. The van der Waals surface area contributed by atoms with Gasteiger partial charge in [-0.1, -0.05) is 0 Å². The zero-order chi connectivity index (χ0) is 13.6. The molecule has 2 aliphatic heterocycles. The van der Waals surface area contributed by atoms with E-state index in [1.807, 2.05) is 0 Å². The third-order valence-corrected chi connectivity index (χ3v) is 3.45. The first kappa shape index (κ1) is 15.4. The SMILES string of the molecule is CC1(N)CCOCC1.NC1(C(=O)O)CCOCC1. The molecule has 0 aliphatic carbocycles. The van der Waals surface area contributed by atoms with Gasteiger partial charge in [0.25, 0.3) is 0 Å². The van der Waals surface area contributed by atoms with E-state index in [0.717, 1.165) is 26.1 Å². The van der Waals surface area contributed by atoms with E-state index in [4.69, 9.17) is 26.0 Å². The number of rotatable bonds is 1. The van der Waals surface area contributed by atoms with Gasteiger partial charge in [0, 0.05) is 32.0 Å². The highest BCUT2D eigenvalue weighted by Crippen LogP contribution is 2.17. The van der Waals surface area contributed by atoms with Gasteiger partial charge in [-0.15, -0.1) is 0 Å². The summed E-state index contributed by atoms with van der Waals surface area (Å²) < 4.78 is 10.1. The number of carboxylic acids is 1. The zero-order valence-electron chi connectivity index (χ0n) is 11.0. The highest BCUT2D eigenvalue weighted by Gasteiger charge is 2.35. The van der Waals surface area contributed by atoms with Crippen molar-refractivity contribution in [2.24, 2.45) is 11.5 Å². The van der Waals surface area contributed by atoms with Crippen molar-refractivity contribution in [3.8, 4) is 0 Å². The Balaban J connectivity index is 0.000000184. The van der Waals surface area contributed by atoms with Crippen molar-refractivity contribution in [2.75, 3.05) is 26.4 Å². The molecule has 18 heavy (non-hydrogen) atoms. The highest BCUT2D eigenvalue weighted by molar-refractivity contribution is 5.78. The number of carboxylic acid groups (broad SMARTS) is 1. The number of ether oxygens (including phenoxy) is 2. The van der Waals surface area contributed by atoms with Gasteiger partial charge in [-0.25, -0.2) is 0 Å². The molecule has 0 bridgehead atoms. The first-order valence-electron chi connectivity index (χ1n) is 6.32. The molecule has 6 nitrogen and oxygen atoms in total. The first-order valence-corrected chi connectivity index (χ1v) is 6.32. The number of hydrogen-bond donors (Lipinski definition) is 3. The maximum Gasteiger partial charge on any atom is 0.323 e. The third kappa shape index (κ3) is 4.89. The van der Waals surface area contributed by atoms with Crippen LogP contribution in [0.4, 0.5) is 0 Å². The van der Waals surface area contributed by atoms with Gasteiger partial charge in [0.2, 0.25) is 0 Å². The second kappa shape index (κ2) is 6.47. The van der Waals surface area contributed by atoms with Crippen molar-refractivity contribution in [3.05, 3.63) is 0 Å². The van der Waals surface area contributed by atoms with Crippen LogP contribution in [0.5, 0.6) is 0 Å². The second-order valence-electron chi connectivity index (χ2n) is 5.34. The summed E-state index contributed by atoms with van der Waals surface area (Å²) >= 11 is 0. The predicted octanol–water partition coefficient (Wildman–Crippen LogP) is 0.0931. The summed E-state index contributed by atoms with van der Waals surface area (Å²) in [4.78, 5) is 10.5. The van der Waals surface area contributed by atoms with E-state index < -0.39 is 11.5 Å². The molecular weight excluding hydrogens is 236 g/mol. The lowest BCUT2D eigenvalue weighted by atomic mass is 9.92. The Morgan fingerprint density at radius 2 is 1.39 bits per heavy atom.